The summed E-state index contributed by atoms with van der Waals surface area (Å²) in [6.07, 6.45) is 3.79. The molecule has 1 heterocycles. The van der Waals surface area contributed by atoms with E-state index in [0.717, 1.165) is 16.8 Å². The van der Waals surface area contributed by atoms with Gasteiger partial charge < -0.3 is 0 Å². The summed E-state index contributed by atoms with van der Waals surface area (Å²) in [5, 5.41) is 0. The van der Waals surface area contributed by atoms with Gasteiger partial charge in [0.15, 0.2) is 0 Å². The second-order valence-electron chi connectivity index (χ2n) is 6.48. The molecule has 0 amide bonds. The summed E-state index contributed by atoms with van der Waals surface area (Å²) in [7, 11) is 0. The highest BCUT2D eigenvalue weighted by Gasteiger charge is 2.11. The van der Waals surface area contributed by atoms with Gasteiger partial charge in [0.05, 0.1) is 5.69 Å². The van der Waals surface area contributed by atoms with E-state index in [1.165, 1.54) is 33.4 Å². The molecule has 0 radical (unpaired) electrons. The fourth-order valence-electron chi connectivity index (χ4n) is 3.16. The van der Waals surface area contributed by atoms with Crippen LogP contribution in [0.5, 0.6) is 0 Å². The SMILES string of the molecule is C=Cc1ccc(-c2cc(C)cc(C)c2)cc1-c1nccc(C)c1C. The number of benzene rings is 2. The van der Waals surface area contributed by atoms with E-state index in [1.54, 1.807) is 0 Å². The minimum atomic E-state index is 1.04. The number of pyridine rings is 1. The molecule has 0 saturated carbocycles. The third-order valence-electron chi connectivity index (χ3n) is 4.56. The molecule has 0 saturated heterocycles. The molecular weight excluding hydrogens is 290 g/mol. The first kappa shape index (κ1) is 16.2. The second-order valence-corrected chi connectivity index (χ2v) is 6.48. The number of hydrogen-bond donors (Lipinski definition) is 0. The first-order valence-electron chi connectivity index (χ1n) is 8.27. The predicted molar refractivity (Wildman–Crippen MR) is 104 cm³/mol. The maximum absolute atomic E-state index is 4.64. The van der Waals surface area contributed by atoms with Crippen LogP contribution in [0.15, 0.2) is 55.2 Å². The first-order chi connectivity index (χ1) is 11.5. The van der Waals surface area contributed by atoms with Crippen LogP contribution in [-0.4, -0.2) is 4.98 Å². The zero-order valence-electron chi connectivity index (χ0n) is 14.9. The van der Waals surface area contributed by atoms with E-state index in [9.17, 15) is 0 Å². The van der Waals surface area contributed by atoms with E-state index in [-0.39, 0.29) is 0 Å². The molecule has 1 heteroatoms. The van der Waals surface area contributed by atoms with Crippen LogP contribution in [0.4, 0.5) is 0 Å². The largest absolute Gasteiger partial charge is 0.256 e. The number of rotatable bonds is 3. The molecule has 3 aromatic rings. The van der Waals surface area contributed by atoms with Crippen LogP contribution in [0.25, 0.3) is 28.5 Å². The molecule has 2 aromatic carbocycles. The number of aromatic nitrogens is 1. The van der Waals surface area contributed by atoms with Crippen molar-refractivity contribution in [2.24, 2.45) is 0 Å². The van der Waals surface area contributed by atoms with Crippen molar-refractivity contribution in [1.82, 2.24) is 4.98 Å². The van der Waals surface area contributed by atoms with Crippen LogP contribution in [0.1, 0.15) is 27.8 Å². The number of nitrogens with zero attached hydrogens (tertiary/aromatic N) is 1. The Morgan fingerprint density at radius 1 is 0.833 bits per heavy atom. The molecule has 1 aromatic heterocycles. The molecule has 0 bridgehead atoms. The van der Waals surface area contributed by atoms with Gasteiger partial charge in [-0.1, -0.05) is 54.1 Å². The van der Waals surface area contributed by atoms with Gasteiger partial charge in [-0.05, 0) is 67.6 Å². The van der Waals surface area contributed by atoms with E-state index in [4.69, 9.17) is 0 Å². The molecule has 0 aliphatic heterocycles. The van der Waals surface area contributed by atoms with E-state index in [2.05, 4.69) is 81.7 Å². The summed E-state index contributed by atoms with van der Waals surface area (Å²) < 4.78 is 0. The van der Waals surface area contributed by atoms with Gasteiger partial charge >= 0.3 is 0 Å². The van der Waals surface area contributed by atoms with Crippen LogP contribution >= 0.6 is 0 Å². The van der Waals surface area contributed by atoms with Crippen LogP contribution in [0.3, 0.4) is 0 Å². The lowest BCUT2D eigenvalue weighted by Crippen LogP contribution is -1.94. The average Bonchev–Trinajstić information content (AvgIpc) is 2.56. The van der Waals surface area contributed by atoms with E-state index >= 15 is 0 Å². The van der Waals surface area contributed by atoms with Gasteiger partial charge in [-0.2, -0.15) is 0 Å². The summed E-state index contributed by atoms with van der Waals surface area (Å²) in [5.74, 6) is 0. The summed E-state index contributed by atoms with van der Waals surface area (Å²) in [6, 6.07) is 15.3. The Balaban J connectivity index is 2.22. The molecule has 1 nitrogen and oxygen atoms in total. The minimum Gasteiger partial charge on any atom is -0.256 e. The highest BCUT2D eigenvalue weighted by Crippen LogP contribution is 2.32. The number of hydrogen-bond acceptors (Lipinski definition) is 1. The average molecular weight is 313 g/mol. The fourth-order valence-corrected chi connectivity index (χ4v) is 3.16. The van der Waals surface area contributed by atoms with Crippen molar-refractivity contribution >= 4 is 6.08 Å². The van der Waals surface area contributed by atoms with E-state index in [0.29, 0.717) is 0 Å². The summed E-state index contributed by atoms with van der Waals surface area (Å²) >= 11 is 0. The van der Waals surface area contributed by atoms with Gasteiger partial charge in [0.2, 0.25) is 0 Å². The summed E-state index contributed by atoms with van der Waals surface area (Å²) in [5.41, 5.74) is 10.8. The summed E-state index contributed by atoms with van der Waals surface area (Å²) in [6.45, 7) is 12.5. The molecule has 120 valence electrons. The fraction of sp³-hybridized carbons (Fsp3) is 0.174. The quantitative estimate of drug-likeness (QED) is 0.553. The molecule has 0 spiro atoms. The Labute approximate surface area is 144 Å². The van der Waals surface area contributed by atoms with Gasteiger partial charge in [0.1, 0.15) is 0 Å². The molecule has 24 heavy (non-hydrogen) atoms. The predicted octanol–water partition coefficient (Wildman–Crippen LogP) is 6.29. The highest BCUT2D eigenvalue weighted by atomic mass is 14.7. The maximum Gasteiger partial charge on any atom is 0.0739 e. The lowest BCUT2D eigenvalue weighted by molar-refractivity contribution is 1.22. The molecule has 0 aliphatic rings. The summed E-state index contributed by atoms with van der Waals surface area (Å²) in [4.78, 5) is 4.64. The zero-order chi connectivity index (χ0) is 17.3. The molecule has 0 atom stereocenters. The van der Waals surface area contributed by atoms with Crippen molar-refractivity contribution in [3.8, 4) is 22.4 Å². The Bertz CT molecular complexity index is 899. The number of aryl methyl sites for hydroxylation is 3. The minimum absolute atomic E-state index is 1.04. The van der Waals surface area contributed by atoms with Gasteiger partial charge in [-0.15, -0.1) is 0 Å². The van der Waals surface area contributed by atoms with Crippen LogP contribution in [0.2, 0.25) is 0 Å². The van der Waals surface area contributed by atoms with Gasteiger partial charge in [0, 0.05) is 11.8 Å². The van der Waals surface area contributed by atoms with Crippen molar-refractivity contribution < 1.29 is 0 Å². The monoisotopic (exact) mass is 313 g/mol. The Hall–Kier alpha value is -2.67. The first-order valence-corrected chi connectivity index (χ1v) is 8.27. The van der Waals surface area contributed by atoms with Gasteiger partial charge in [-0.25, -0.2) is 0 Å². The zero-order valence-corrected chi connectivity index (χ0v) is 14.9. The normalized spacial score (nSPS) is 10.7. The topological polar surface area (TPSA) is 12.9 Å². The molecule has 0 unspecified atom stereocenters. The van der Waals surface area contributed by atoms with Crippen molar-refractivity contribution in [2.75, 3.05) is 0 Å². The van der Waals surface area contributed by atoms with Crippen LogP contribution in [0, 0.1) is 27.7 Å². The van der Waals surface area contributed by atoms with Gasteiger partial charge in [0.25, 0.3) is 0 Å². The Morgan fingerprint density at radius 3 is 2.21 bits per heavy atom. The molecule has 0 fully saturated rings. The lowest BCUT2D eigenvalue weighted by Gasteiger charge is -2.13. The second kappa shape index (κ2) is 6.45. The molecule has 0 N–H and O–H groups in total. The van der Waals surface area contributed by atoms with E-state index < -0.39 is 0 Å². The third-order valence-corrected chi connectivity index (χ3v) is 4.56. The molecule has 0 aliphatic carbocycles. The van der Waals surface area contributed by atoms with E-state index in [1.807, 2.05) is 12.3 Å². The van der Waals surface area contributed by atoms with Gasteiger partial charge in [-0.3, -0.25) is 4.98 Å². The third kappa shape index (κ3) is 3.03. The van der Waals surface area contributed by atoms with Crippen LogP contribution in [-0.2, 0) is 0 Å². The maximum atomic E-state index is 4.64. The standard InChI is InChI=1S/C23H23N/c1-6-19-7-8-20(21-12-15(2)11-16(3)13-21)14-22(19)23-18(5)17(4)9-10-24-23/h6-14H,1H2,2-5H3. The lowest BCUT2D eigenvalue weighted by atomic mass is 9.93. The van der Waals surface area contributed by atoms with Crippen molar-refractivity contribution in [1.29, 1.82) is 0 Å². The van der Waals surface area contributed by atoms with Crippen molar-refractivity contribution in [3.63, 3.8) is 0 Å². The van der Waals surface area contributed by atoms with Crippen molar-refractivity contribution in [3.05, 3.63) is 83.1 Å². The molecule has 3 rings (SSSR count). The highest BCUT2D eigenvalue weighted by molar-refractivity contribution is 5.80. The Kier molecular flexibility index (Phi) is 4.35. The smallest absolute Gasteiger partial charge is 0.0739 e. The molecular formula is C23H23N. The van der Waals surface area contributed by atoms with Crippen LogP contribution < -0.4 is 0 Å². The Morgan fingerprint density at radius 2 is 1.54 bits per heavy atom. The van der Waals surface area contributed by atoms with Crippen molar-refractivity contribution in [2.45, 2.75) is 27.7 Å².